The van der Waals surface area contributed by atoms with Gasteiger partial charge in [0.25, 0.3) is 0 Å². The van der Waals surface area contributed by atoms with E-state index in [1.807, 2.05) is 36.4 Å². The minimum Gasteiger partial charge on any atom is -0.469 e. The molecule has 0 aliphatic heterocycles. The van der Waals surface area contributed by atoms with Gasteiger partial charge in [0.05, 0.1) is 13.0 Å². The van der Waals surface area contributed by atoms with E-state index in [9.17, 15) is 9.59 Å². The molecule has 102 valence electrons. The number of fused-ring (bicyclic) bond motifs is 1. The van der Waals surface area contributed by atoms with Gasteiger partial charge >= 0.3 is 5.97 Å². The predicted octanol–water partition coefficient (Wildman–Crippen LogP) is 3.59. The van der Waals surface area contributed by atoms with Crippen molar-refractivity contribution < 1.29 is 14.3 Å². The predicted molar refractivity (Wildman–Crippen MR) is 79.6 cm³/mol. The summed E-state index contributed by atoms with van der Waals surface area (Å²) in [4.78, 5) is 24.0. The molecular formula is C16H13BrO3. The monoisotopic (exact) mass is 332 g/mol. The molecule has 3 rings (SSSR count). The molecule has 0 bridgehead atoms. The molecule has 1 aliphatic carbocycles. The average molecular weight is 333 g/mol. The second-order valence-electron chi connectivity index (χ2n) is 4.98. The van der Waals surface area contributed by atoms with Gasteiger partial charge in [0.2, 0.25) is 0 Å². The lowest BCUT2D eigenvalue weighted by Crippen LogP contribution is -2.10. The highest BCUT2D eigenvalue weighted by atomic mass is 79.9. The highest BCUT2D eigenvalue weighted by molar-refractivity contribution is 9.10. The maximum Gasteiger partial charge on any atom is 0.309 e. The van der Waals surface area contributed by atoms with Gasteiger partial charge in [0, 0.05) is 16.0 Å². The third-order valence-electron chi connectivity index (χ3n) is 3.77. The normalized spacial score (nSPS) is 20.7. The maximum absolute atomic E-state index is 12.5. The smallest absolute Gasteiger partial charge is 0.309 e. The fraction of sp³-hybridized carbons (Fsp3) is 0.250. The molecular weight excluding hydrogens is 320 g/mol. The molecule has 2 aromatic carbocycles. The molecule has 1 saturated carbocycles. The minimum atomic E-state index is -0.287. The summed E-state index contributed by atoms with van der Waals surface area (Å²) < 4.78 is 5.66. The number of ketones is 1. The molecule has 0 heterocycles. The van der Waals surface area contributed by atoms with Crippen LogP contribution in [0.25, 0.3) is 10.8 Å². The van der Waals surface area contributed by atoms with Crippen molar-refractivity contribution in [1.29, 1.82) is 0 Å². The van der Waals surface area contributed by atoms with E-state index in [0.717, 1.165) is 15.2 Å². The molecule has 3 nitrogen and oxygen atoms in total. The first-order valence-electron chi connectivity index (χ1n) is 6.42. The van der Waals surface area contributed by atoms with E-state index in [1.54, 1.807) is 0 Å². The Labute approximate surface area is 125 Å². The number of carbonyl (C=O) groups is 2. The SMILES string of the molecule is COC(=O)C1CC1C(=O)c1ccc(Br)c2ccccc12. The van der Waals surface area contributed by atoms with Crippen LogP contribution < -0.4 is 0 Å². The van der Waals surface area contributed by atoms with Gasteiger partial charge in [0.15, 0.2) is 5.78 Å². The number of esters is 1. The number of ether oxygens (including phenoxy) is 1. The van der Waals surface area contributed by atoms with Crippen LogP contribution in [0.4, 0.5) is 0 Å². The Morgan fingerprint density at radius 3 is 2.50 bits per heavy atom. The van der Waals surface area contributed by atoms with Crippen molar-refractivity contribution in [2.75, 3.05) is 7.11 Å². The van der Waals surface area contributed by atoms with E-state index in [2.05, 4.69) is 15.9 Å². The number of benzene rings is 2. The van der Waals surface area contributed by atoms with E-state index >= 15 is 0 Å². The number of rotatable bonds is 3. The van der Waals surface area contributed by atoms with Gasteiger partial charge in [-0.1, -0.05) is 40.2 Å². The first-order chi connectivity index (χ1) is 9.63. The quantitative estimate of drug-likeness (QED) is 0.637. The standard InChI is InChI=1S/C16H13BrO3/c1-20-16(19)13-8-12(13)15(18)11-6-7-14(17)10-5-3-2-4-9(10)11/h2-7,12-13H,8H2,1H3. The van der Waals surface area contributed by atoms with Crippen LogP contribution in [0.2, 0.25) is 0 Å². The first kappa shape index (κ1) is 13.3. The van der Waals surface area contributed by atoms with Crippen LogP contribution >= 0.6 is 15.9 Å². The number of hydrogen-bond acceptors (Lipinski definition) is 3. The van der Waals surface area contributed by atoms with Crippen LogP contribution in [0.15, 0.2) is 40.9 Å². The molecule has 2 aromatic rings. The second-order valence-corrected chi connectivity index (χ2v) is 5.83. The Kier molecular flexibility index (Phi) is 3.34. The van der Waals surface area contributed by atoms with Crippen molar-refractivity contribution in [2.45, 2.75) is 6.42 Å². The van der Waals surface area contributed by atoms with E-state index in [4.69, 9.17) is 4.74 Å². The van der Waals surface area contributed by atoms with Crippen LogP contribution in [-0.2, 0) is 9.53 Å². The van der Waals surface area contributed by atoms with E-state index in [1.165, 1.54) is 7.11 Å². The Morgan fingerprint density at radius 2 is 1.80 bits per heavy atom. The molecule has 0 aromatic heterocycles. The molecule has 1 aliphatic rings. The van der Waals surface area contributed by atoms with Crippen LogP contribution in [-0.4, -0.2) is 18.9 Å². The topological polar surface area (TPSA) is 43.4 Å². The maximum atomic E-state index is 12.5. The Morgan fingerprint density at radius 1 is 1.10 bits per heavy atom. The molecule has 1 fully saturated rings. The third kappa shape index (κ3) is 2.14. The molecule has 4 heteroatoms. The summed E-state index contributed by atoms with van der Waals surface area (Å²) in [6.07, 6.45) is 0.593. The van der Waals surface area contributed by atoms with Crippen LogP contribution in [0, 0.1) is 11.8 Å². The summed E-state index contributed by atoms with van der Waals surface area (Å²) in [5, 5.41) is 1.93. The van der Waals surface area contributed by atoms with E-state index in [0.29, 0.717) is 12.0 Å². The highest BCUT2D eigenvalue weighted by Crippen LogP contribution is 2.43. The summed E-state index contributed by atoms with van der Waals surface area (Å²) in [5.74, 6) is -0.754. The zero-order valence-electron chi connectivity index (χ0n) is 10.9. The molecule has 0 amide bonds. The van der Waals surface area contributed by atoms with Crippen molar-refractivity contribution in [3.05, 3.63) is 46.4 Å². The third-order valence-corrected chi connectivity index (χ3v) is 4.46. The van der Waals surface area contributed by atoms with Gasteiger partial charge in [-0.05, 0) is 29.3 Å². The van der Waals surface area contributed by atoms with Crippen LogP contribution in [0.3, 0.4) is 0 Å². The summed E-state index contributed by atoms with van der Waals surface area (Å²) in [6.45, 7) is 0. The van der Waals surface area contributed by atoms with Gasteiger partial charge in [-0.3, -0.25) is 9.59 Å². The second kappa shape index (κ2) is 5.02. The number of methoxy groups -OCH3 is 1. The number of halogens is 1. The van der Waals surface area contributed by atoms with E-state index < -0.39 is 0 Å². The molecule has 0 saturated heterocycles. The summed E-state index contributed by atoms with van der Waals surface area (Å²) in [6, 6.07) is 11.5. The largest absolute Gasteiger partial charge is 0.469 e. The first-order valence-corrected chi connectivity index (χ1v) is 7.22. The number of hydrogen-bond donors (Lipinski definition) is 0. The molecule has 0 N–H and O–H groups in total. The van der Waals surface area contributed by atoms with Gasteiger partial charge in [-0.15, -0.1) is 0 Å². The fourth-order valence-electron chi connectivity index (χ4n) is 2.57. The minimum absolute atomic E-state index is 0.0316. The van der Waals surface area contributed by atoms with Gasteiger partial charge in [0.1, 0.15) is 0 Å². The molecule has 2 unspecified atom stereocenters. The van der Waals surface area contributed by atoms with Crippen LogP contribution in [0.1, 0.15) is 16.8 Å². The lowest BCUT2D eigenvalue weighted by Gasteiger charge is -2.07. The Balaban J connectivity index is 1.98. The van der Waals surface area contributed by atoms with Crippen molar-refractivity contribution in [3.8, 4) is 0 Å². The fourth-order valence-corrected chi connectivity index (χ4v) is 3.05. The summed E-state index contributed by atoms with van der Waals surface area (Å²) in [7, 11) is 1.36. The van der Waals surface area contributed by atoms with Crippen molar-refractivity contribution in [2.24, 2.45) is 11.8 Å². The van der Waals surface area contributed by atoms with Gasteiger partial charge in [-0.25, -0.2) is 0 Å². The van der Waals surface area contributed by atoms with Crippen molar-refractivity contribution in [1.82, 2.24) is 0 Å². The van der Waals surface area contributed by atoms with E-state index in [-0.39, 0.29) is 23.6 Å². The Hall–Kier alpha value is -1.68. The van der Waals surface area contributed by atoms with Crippen LogP contribution in [0.5, 0.6) is 0 Å². The summed E-state index contributed by atoms with van der Waals surface area (Å²) in [5.41, 5.74) is 0.681. The summed E-state index contributed by atoms with van der Waals surface area (Å²) >= 11 is 3.49. The van der Waals surface area contributed by atoms with Crippen molar-refractivity contribution >= 4 is 38.5 Å². The Bertz CT molecular complexity index is 708. The highest BCUT2D eigenvalue weighted by Gasteiger charge is 2.49. The lowest BCUT2D eigenvalue weighted by atomic mass is 9.98. The van der Waals surface area contributed by atoms with Gasteiger partial charge < -0.3 is 4.74 Å². The van der Waals surface area contributed by atoms with Crippen molar-refractivity contribution in [3.63, 3.8) is 0 Å². The zero-order chi connectivity index (χ0) is 14.3. The molecule has 0 radical (unpaired) electrons. The van der Waals surface area contributed by atoms with Gasteiger partial charge in [-0.2, -0.15) is 0 Å². The molecule has 2 atom stereocenters. The lowest BCUT2D eigenvalue weighted by molar-refractivity contribution is -0.142. The molecule has 20 heavy (non-hydrogen) atoms. The molecule has 0 spiro atoms. The number of Topliss-reactive ketones (excluding diaryl/α,β-unsaturated/α-hetero) is 1. The average Bonchev–Trinajstić information content (AvgIpc) is 3.27. The zero-order valence-corrected chi connectivity index (χ0v) is 12.5. The number of carbonyl (C=O) groups excluding carboxylic acids is 2.